The maximum atomic E-state index is 4.61. The summed E-state index contributed by atoms with van der Waals surface area (Å²) in [5, 5.41) is 6.71. The molecule has 0 spiro atoms. The van der Waals surface area contributed by atoms with Gasteiger partial charge in [0, 0.05) is 37.2 Å². The largest absolute Gasteiger partial charge is 0.356 e. The van der Waals surface area contributed by atoms with Crippen molar-refractivity contribution in [1.82, 2.24) is 20.6 Å². The van der Waals surface area contributed by atoms with Crippen LogP contribution in [0, 0.1) is 0 Å². The van der Waals surface area contributed by atoms with Gasteiger partial charge in [0.1, 0.15) is 5.82 Å². The molecule has 0 radical (unpaired) electrons. The zero-order valence-electron chi connectivity index (χ0n) is 15.0. The van der Waals surface area contributed by atoms with Gasteiger partial charge in [-0.1, -0.05) is 30.3 Å². The fraction of sp³-hybridized carbons (Fsp3) is 0.300. The minimum absolute atomic E-state index is 0.850. The lowest BCUT2D eigenvalue weighted by Gasteiger charge is -2.11. The normalized spacial score (nSPS) is 11.7. The van der Waals surface area contributed by atoms with Crippen LogP contribution in [0.15, 0.2) is 64.5 Å². The van der Waals surface area contributed by atoms with Gasteiger partial charge in [0.05, 0.1) is 11.0 Å². The van der Waals surface area contributed by atoms with Crippen molar-refractivity contribution >= 4 is 28.8 Å². The van der Waals surface area contributed by atoms with Gasteiger partial charge in [-0.05, 0) is 30.7 Å². The van der Waals surface area contributed by atoms with Crippen LogP contribution in [-0.4, -0.2) is 41.8 Å². The van der Waals surface area contributed by atoms with Crippen LogP contribution in [0.2, 0.25) is 0 Å². The number of para-hydroxylation sites is 2. The summed E-state index contributed by atoms with van der Waals surface area (Å²) in [5.41, 5.74) is 2.13. The minimum Gasteiger partial charge on any atom is -0.356 e. The Hall–Kier alpha value is -2.47. The van der Waals surface area contributed by atoms with Crippen LogP contribution < -0.4 is 10.6 Å². The summed E-state index contributed by atoms with van der Waals surface area (Å²) in [6, 6.07) is 18.6. The van der Waals surface area contributed by atoms with E-state index in [1.165, 1.54) is 4.90 Å². The van der Waals surface area contributed by atoms with E-state index >= 15 is 0 Å². The molecule has 0 saturated heterocycles. The van der Waals surface area contributed by atoms with Crippen LogP contribution >= 0.6 is 11.8 Å². The number of imidazole rings is 1. The fourth-order valence-corrected chi connectivity index (χ4v) is 3.45. The Morgan fingerprint density at radius 3 is 2.62 bits per heavy atom. The van der Waals surface area contributed by atoms with Crippen LogP contribution in [0.25, 0.3) is 11.0 Å². The molecule has 0 fully saturated rings. The summed E-state index contributed by atoms with van der Waals surface area (Å²) >= 11 is 1.84. The third-order valence-corrected chi connectivity index (χ3v) is 4.97. The first kappa shape index (κ1) is 18.3. The van der Waals surface area contributed by atoms with Crippen molar-refractivity contribution in [3.05, 3.63) is 60.4 Å². The molecule has 0 amide bonds. The number of rotatable bonds is 8. The molecule has 136 valence electrons. The second-order valence-electron chi connectivity index (χ2n) is 5.89. The number of hydrogen-bond acceptors (Lipinski definition) is 3. The number of thioether (sulfide) groups is 1. The summed E-state index contributed by atoms with van der Waals surface area (Å²) in [6.07, 6.45) is 1.92. The summed E-state index contributed by atoms with van der Waals surface area (Å²) in [4.78, 5) is 13.5. The minimum atomic E-state index is 0.850. The Morgan fingerprint density at radius 2 is 1.81 bits per heavy atom. The molecule has 0 aliphatic rings. The number of guanidine groups is 1. The first-order valence-corrected chi connectivity index (χ1v) is 9.90. The van der Waals surface area contributed by atoms with Crippen LogP contribution in [-0.2, 0) is 6.42 Å². The van der Waals surface area contributed by atoms with E-state index in [0.717, 1.165) is 54.5 Å². The maximum Gasteiger partial charge on any atom is 0.191 e. The van der Waals surface area contributed by atoms with Gasteiger partial charge in [0.2, 0.25) is 0 Å². The van der Waals surface area contributed by atoms with Gasteiger partial charge in [-0.2, -0.15) is 0 Å². The topological polar surface area (TPSA) is 65.1 Å². The summed E-state index contributed by atoms with van der Waals surface area (Å²) in [6.45, 7) is 1.74. The molecule has 0 aliphatic heterocycles. The highest BCUT2D eigenvalue weighted by molar-refractivity contribution is 7.99. The summed E-state index contributed by atoms with van der Waals surface area (Å²) in [5.74, 6) is 2.89. The Morgan fingerprint density at radius 1 is 1.04 bits per heavy atom. The Kier molecular flexibility index (Phi) is 6.96. The van der Waals surface area contributed by atoms with Crippen LogP contribution in [0.4, 0.5) is 0 Å². The highest BCUT2D eigenvalue weighted by atomic mass is 32.2. The number of hydrogen-bond donors (Lipinski definition) is 3. The van der Waals surface area contributed by atoms with E-state index in [-0.39, 0.29) is 0 Å². The van der Waals surface area contributed by atoms with Crippen molar-refractivity contribution in [2.45, 2.75) is 17.7 Å². The number of fused-ring (bicyclic) bond motifs is 1. The van der Waals surface area contributed by atoms with Crippen molar-refractivity contribution in [1.29, 1.82) is 0 Å². The lowest BCUT2D eigenvalue weighted by Crippen LogP contribution is -2.38. The SMILES string of the molecule is CN=C(NCCCc1nc2ccccc2[nH]1)NCCSc1ccccc1. The quantitative estimate of drug-likeness (QED) is 0.247. The molecule has 0 unspecified atom stereocenters. The monoisotopic (exact) mass is 367 g/mol. The van der Waals surface area contributed by atoms with E-state index in [1.807, 2.05) is 36.0 Å². The average molecular weight is 368 g/mol. The number of aliphatic imine (C=N–C) groups is 1. The van der Waals surface area contributed by atoms with Crippen LogP contribution in [0.3, 0.4) is 0 Å². The smallest absolute Gasteiger partial charge is 0.191 e. The molecular formula is C20H25N5S. The number of H-pyrrole nitrogens is 1. The molecule has 0 atom stereocenters. The molecule has 2 aromatic carbocycles. The first-order valence-electron chi connectivity index (χ1n) is 8.91. The highest BCUT2D eigenvalue weighted by Crippen LogP contribution is 2.15. The standard InChI is InChI=1S/C20H25N5S/c1-21-20(23-14-15-26-16-8-3-2-4-9-16)22-13-7-12-19-24-17-10-5-6-11-18(17)25-19/h2-6,8-11H,7,12-15H2,1H3,(H,24,25)(H2,21,22,23). The molecule has 6 heteroatoms. The van der Waals surface area contributed by atoms with Gasteiger partial charge < -0.3 is 15.6 Å². The third kappa shape index (κ3) is 5.52. The van der Waals surface area contributed by atoms with Gasteiger partial charge in [-0.3, -0.25) is 4.99 Å². The Balaban J connectivity index is 1.32. The number of aryl methyl sites for hydroxylation is 1. The van der Waals surface area contributed by atoms with Gasteiger partial charge in [0.25, 0.3) is 0 Å². The second-order valence-corrected chi connectivity index (χ2v) is 7.06. The number of nitrogens with zero attached hydrogens (tertiary/aromatic N) is 2. The first-order chi connectivity index (χ1) is 12.8. The Labute approximate surface area is 158 Å². The molecule has 3 rings (SSSR count). The van der Waals surface area contributed by atoms with E-state index in [2.05, 4.69) is 55.9 Å². The molecule has 1 heterocycles. The van der Waals surface area contributed by atoms with Crippen LogP contribution in [0.5, 0.6) is 0 Å². The van der Waals surface area contributed by atoms with Crippen molar-refractivity contribution in [3.63, 3.8) is 0 Å². The summed E-state index contributed by atoms with van der Waals surface area (Å²) < 4.78 is 0. The predicted molar refractivity (Wildman–Crippen MR) is 111 cm³/mol. The van der Waals surface area contributed by atoms with Crippen molar-refractivity contribution in [2.24, 2.45) is 4.99 Å². The van der Waals surface area contributed by atoms with E-state index in [9.17, 15) is 0 Å². The van der Waals surface area contributed by atoms with E-state index in [0.29, 0.717) is 0 Å². The zero-order valence-corrected chi connectivity index (χ0v) is 15.9. The molecule has 3 aromatic rings. The van der Waals surface area contributed by atoms with Crippen molar-refractivity contribution in [2.75, 3.05) is 25.9 Å². The lowest BCUT2D eigenvalue weighted by molar-refractivity contribution is 0.731. The molecular weight excluding hydrogens is 342 g/mol. The maximum absolute atomic E-state index is 4.61. The molecule has 0 saturated carbocycles. The van der Waals surface area contributed by atoms with E-state index in [1.54, 1.807) is 7.05 Å². The molecule has 26 heavy (non-hydrogen) atoms. The number of benzene rings is 2. The van der Waals surface area contributed by atoms with Crippen LogP contribution in [0.1, 0.15) is 12.2 Å². The fourth-order valence-electron chi connectivity index (χ4n) is 2.66. The van der Waals surface area contributed by atoms with Gasteiger partial charge in [0.15, 0.2) is 5.96 Å². The number of aromatic nitrogens is 2. The molecule has 0 bridgehead atoms. The van der Waals surface area contributed by atoms with E-state index in [4.69, 9.17) is 0 Å². The van der Waals surface area contributed by atoms with Gasteiger partial charge >= 0.3 is 0 Å². The molecule has 5 nitrogen and oxygen atoms in total. The number of nitrogens with one attached hydrogen (secondary N) is 3. The van der Waals surface area contributed by atoms with Crippen molar-refractivity contribution < 1.29 is 0 Å². The van der Waals surface area contributed by atoms with E-state index < -0.39 is 0 Å². The zero-order chi connectivity index (χ0) is 18.0. The summed E-state index contributed by atoms with van der Waals surface area (Å²) in [7, 11) is 1.80. The predicted octanol–water partition coefficient (Wildman–Crippen LogP) is 3.45. The molecule has 1 aromatic heterocycles. The third-order valence-electron chi connectivity index (χ3n) is 3.95. The lowest BCUT2D eigenvalue weighted by atomic mass is 10.3. The van der Waals surface area contributed by atoms with Gasteiger partial charge in [-0.25, -0.2) is 4.98 Å². The molecule has 3 N–H and O–H groups in total. The Bertz CT molecular complexity index is 795. The molecule has 0 aliphatic carbocycles. The van der Waals surface area contributed by atoms with Crippen molar-refractivity contribution in [3.8, 4) is 0 Å². The second kappa shape index (κ2) is 9.87. The average Bonchev–Trinajstić information content (AvgIpc) is 3.10. The van der Waals surface area contributed by atoms with Gasteiger partial charge in [-0.15, -0.1) is 11.8 Å². The number of aromatic amines is 1. The highest BCUT2D eigenvalue weighted by Gasteiger charge is 2.02.